The van der Waals surface area contributed by atoms with Crippen molar-refractivity contribution in [3.8, 4) is 0 Å². The maximum Gasteiger partial charge on any atom is 0.416 e. The molecule has 240 valence electrons. The first-order valence-corrected chi connectivity index (χ1v) is 15.1. The quantitative estimate of drug-likeness (QED) is 0.181. The Morgan fingerprint density at radius 3 is 2.24 bits per heavy atom. The summed E-state index contributed by atoms with van der Waals surface area (Å²) in [6.45, 7) is 6.19. The van der Waals surface area contributed by atoms with Gasteiger partial charge in [0.15, 0.2) is 0 Å². The molecule has 0 aliphatic carbocycles. The lowest BCUT2D eigenvalue weighted by Crippen LogP contribution is -2.51. The van der Waals surface area contributed by atoms with Crippen LogP contribution in [0, 0.1) is 0 Å². The van der Waals surface area contributed by atoms with Crippen LogP contribution in [0.1, 0.15) is 29.2 Å². The number of halogens is 3. The Labute approximate surface area is 262 Å². The average molecular weight is 624 g/mol. The smallest absolute Gasteiger partial charge is 0.380 e. The van der Waals surface area contributed by atoms with Gasteiger partial charge in [0.05, 0.1) is 25.4 Å². The van der Waals surface area contributed by atoms with Crippen LogP contribution < -0.4 is 4.90 Å². The molecule has 7 nitrogen and oxygen atoms in total. The fraction of sp³-hybridized carbons (Fsp3) is 0.371. The lowest BCUT2D eigenvalue weighted by atomic mass is 10.0. The summed E-state index contributed by atoms with van der Waals surface area (Å²) in [4.78, 5) is 33.2. The standard InChI is InChI=1S/C35H40F3N3O4/c1-3-44-22-19-39(2)34(43)32(25-28-7-5-4-6-8-28)41(26-29-11-16-31(17-12-29)40-20-23-45-24-21-40)33(42)18-13-27-9-14-30(15-10-27)35(36,37)38/h4-18,32H,3,19-26H2,1-2H3/b18-13+/t32-/m0/s1. The zero-order valence-electron chi connectivity index (χ0n) is 25.7. The topological polar surface area (TPSA) is 62.3 Å². The summed E-state index contributed by atoms with van der Waals surface area (Å²) in [7, 11) is 1.69. The molecule has 0 saturated carbocycles. The van der Waals surface area contributed by atoms with Gasteiger partial charge in [0.1, 0.15) is 6.04 Å². The van der Waals surface area contributed by atoms with E-state index in [1.807, 2.05) is 61.5 Å². The van der Waals surface area contributed by atoms with Crippen LogP contribution in [0.15, 0.2) is 84.9 Å². The normalized spacial score (nSPS) is 14.4. The van der Waals surface area contributed by atoms with Crippen LogP contribution in [-0.2, 0) is 38.2 Å². The number of likely N-dealkylation sites (N-methyl/N-ethyl adjacent to an activating group) is 1. The summed E-state index contributed by atoms with van der Waals surface area (Å²) in [6, 6.07) is 21.1. The molecule has 10 heteroatoms. The summed E-state index contributed by atoms with van der Waals surface area (Å²) in [5, 5.41) is 0. The lowest BCUT2D eigenvalue weighted by molar-refractivity contribution is -0.143. The number of hydrogen-bond acceptors (Lipinski definition) is 5. The minimum absolute atomic E-state index is 0.155. The van der Waals surface area contributed by atoms with Gasteiger partial charge in [-0.3, -0.25) is 9.59 Å². The number of nitrogens with zero attached hydrogens (tertiary/aromatic N) is 3. The molecule has 4 rings (SSSR count). The van der Waals surface area contributed by atoms with Gasteiger partial charge in [-0.05, 0) is 54.0 Å². The Kier molecular flexibility index (Phi) is 12.2. The molecule has 0 spiro atoms. The van der Waals surface area contributed by atoms with E-state index in [1.54, 1.807) is 11.9 Å². The zero-order valence-corrected chi connectivity index (χ0v) is 25.7. The fourth-order valence-corrected chi connectivity index (χ4v) is 5.10. The molecule has 1 saturated heterocycles. The summed E-state index contributed by atoms with van der Waals surface area (Å²) in [5.41, 5.74) is 2.45. The highest BCUT2D eigenvalue weighted by atomic mass is 19.4. The highest BCUT2D eigenvalue weighted by Gasteiger charge is 2.32. The molecular weight excluding hydrogens is 583 g/mol. The SMILES string of the molecule is CCOCCN(C)C(=O)[C@H](Cc1ccccc1)N(Cc1ccc(N2CCOCC2)cc1)C(=O)/C=C/c1ccc(C(F)(F)F)cc1. The Morgan fingerprint density at radius 1 is 0.956 bits per heavy atom. The number of ether oxygens (including phenoxy) is 2. The molecule has 3 aromatic carbocycles. The van der Waals surface area contributed by atoms with Gasteiger partial charge in [0.25, 0.3) is 0 Å². The van der Waals surface area contributed by atoms with Gasteiger partial charge in [-0.25, -0.2) is 0 Å². The van der Waals surface area contributed by atoms with Crippen molar-refractivity contribution in [1.29, 1.82) is 0 Å². The van der Waals surface area contributed by atoms with Gasteiger partial charge in [-0.1, -0.05) is 54.6 Å². The summed E-state index contributed by atoms with van der Waals surface area (Å²) < 4.78 is 50.1. The number of benzene rings is 3. The number of anilines is 1. The van der Waals surface area contributed by atoms with Gasteiger partial charge in [-0.2, -0.15) is 13.2 Å². The van der Waals surface area contributed by atoms with Crippen molar-refractivity contribution >= 4 is 23.6 Å². The molecule has 1 fully saturated rings. The molecule has 0 radical (unpaired) electrons. The van der Waals surface area contributed by atoms with Crippen LogP contribution in [0.25, 0.3) is 6.08 Å². The molecule has 1 aliphatic rings. The monoisotopic (exact) mass is 623 g/mol. The van der Waals surface area contributed by atoms with Gasteiger partial charge in [0.2, 0.25) is 11.8 Å². The second-order valence-electron chi connectivity index (χ2n) is 10.8. The third-order valence-electron chi connectivity index (χ3n) is 7.69. The molecular formula is C35H40F3N3O4. The number of hydrogen-bond donors (Lipinski definition) is 0. The third kappa shape index (κ3) is 9.92. The predicted molar refractivity (Wildman–Crippen MR) is 169 cm³/mol. The summed E-state index contributed by atoms with van der Waals surface area (Å²) >= 11 is 0. The first kappa shape index (κ1) is 33.7. The number of rotatable bonds is 13. The van der Waals surface area contributed by atoms with E-state index in [1.165, 1.54) is 29.2 Å². The minimum atomic E-state index is -4.45. The molecule has 0 unspecified atom stereocenters. The number of carbonyl (C=O) groups is 2. The molecule has 0 aromatic heterocycles. The van der Waals surface area contributed by atoms with E-state index in [0.29, 0.717) is 38.5 Å². The predicted octanol–water partition coefficient (Wildman–Crippen LogP) is 5.69. The van der Waals surface area contributed by atoms with E-state index in [-0.39, 0.29) is 18.9 Å². The third-order valence-corrected chi connectivity index (χ3v) is 7.69. The van der Waals surface area contributed by atoms with E-state index in [0.717, 1.165) is 42.0 Å². The zero-order chi connectivity index (χ0) is 32.2. The van der Waals surface area contributed by atoms with Gasteiger partial charge < -0.3 is 24.2 Å². The lowest BCUT2D eigenvalue weighted by Gasteiger charge is -2.33. The fourth-order valence-electron chi connectivity index (χ4n) is 5.10. The first-order chi connectivity index (χ1) is 21.7. The second-order valence-corrected chi connectivity index (χ2v) is 10.8. The van der Waals surface area contributed by atoms with Crippen molar-refractivity contribution in [1.82, 2.24) is 9.80 Å². The van der Waals surface area contributed by atoms with Crippen LogP contribution in [-0.4, -0.2) is 80.8 Å². The van der Waals surface area contributed by atoms with Crippen molar-refractivity contribution in [2.75, 3.05) is 58.0 Å². The molecule has 3 aromatic rings. The molecule has 1 heterocycles. The Balaban J connectivity index is 1.64. The van der Waals surface area contributed by atoms with Crippen molar-refractivity contribution in [3.05, 3.63) is 107 Å². The summed E-state index contributed by atoms with van der Waals surface area (Å²) in [6.07, 6.45) is -1.38. The van der Waals surface area contributed by atoms with Crippen LogP contribution >= 0.6 is 0 Å². The maximum absolute atomic E-state index is 14.0. The number of morpholine rings is 1. The van der Waals surface area contributed by atoms with E-state index in [9.17, 15) is 22.8 Å². The van der Waals surface area contributed by atoms with E-state index in [4.69, 9.17) is 9.47 Å². The molecule has 1 aliphatic heterocycles. The number of amides is 2. The Hall–Kier alpha value is -4.15. The largest absolute Gasteiger partial charge is 0.416 e. The second kappa shape index (κ2) is 16.2. The van der Waals surface area contributed by atoms with Gasteiger partial charge in [-0.15, -0.1) is 0 Å². The molecule has 2 amide bonds. The molecule has 1 atom stereocenters. The van der Waals surface area contributed by atoms with Crippen LogP contribution in [0.4, 0.5) is 18.9 Å². The molecule has 45 heavy (non-hydrogen) atoms. The van der Waals surface area contributed by atoms with E-state index in [2.05, 4.69) is 4.90 Å². The van der Waals surface area contributed by atoms with Crippen molar-refractivity contribution in [2.45, 2.75) is 32.1 Å². The van der Waals surface area contributed by atoms with Crippen molar-refractivity contribution < 1.29 is 32.2 Å². The van der Waals surface area contributed by atoms with Crippen molar-refractivity contribution in [3.63, 3.8) is 0 Å². The van der Waals surface area contributed by atoms with E-state index < -0.39 is 23.7 Å². The van der Waals surface area contributed by atoms with Gasteiger partial charge >= 0.3 is 6.18 Å². The van der Waals surface area contributed by atoms with Crippen molar-refractivity contribution in [2.24, 2.45) is 0 Å². The highest BCUT2D eigenvalue weighted by Crippen LogP contribution is 2.29. The molecule has 0 bridgehead atoms. The molecule has 0 N–H and O–H groups in total. The van der Waals surface area contributed by atoms with Gasteiger partial charge in [0, 0.05) is 58.0 Å². The number of carbonyl (C=O) groups excluding carboxylic acids is 2. The Bertz CT molecular complexity index is 1390. The minimum Gasteiger partial charge on any atom is -0.380 e. The first-order valence-electron chi connectivity index (χ1n) is 15.1. The van der Waals surface area contributed by atoms with Crippen LogP contribution in [0.3, 0.4) is 0 Å². The van der Waals surface area contributed by atoms with Crippen LogP contribution in [0.5, 0.6) is 0 Å². The number of alkyl halides is 3. The van der Waals surface area contributed by atoms with Crippen LogP contribution in [0.2, 0.25) is 0 Å². The highest BCUT2D eigenvalue weighted by molar-refractivity contribution is 5.95. The summed E-state index contributed by atoms with van der Waals surface area (Å²) in [5.74, 6) is -0.667. The van der Waals surface area contributed by atoms with E-state index >= 15 is 0 Å². The average Bonchev–Trinajstić information content (AvgIpc) is 3.06. The maximum atomic E-state index is 14.0. The Morgan fingerprint density at radius 2 is 1.62 bits per heavy atom.